The summed E-state index contributed by atoms with van der Waals surface area (Å²) in [5, 5.41) is 10.5. The fourth-order valence-corrected chi connectivity index (χ4v) is 1.51. The minimum Gasteiger partial charge on any atom is -0.496 e. The molecule has 4 nitrogen and oxygen atoms in total. The van der Waals surface area contributed by atoms with E-state index < -0.39 is 22.6 Å². The van der Waals surface area contributed by atoms with Crippen molar-refractivity contribution in [3.8, 4) is 5.75 Å². The third-order valence-corrected chi connectivity index (χ3v) is 2.37. The van der Waals surface area contributed by atoms with E-state index in [1.807, 2.05) is 0 Å². The molecule has 0 saturated carbocycles. The molecule has 7 heteroatoms. The van der Waals surface area contributed by atoms with Crippen LogP contribution in [0.3, 0.4) is 0 Å². The SMILES string of the molecule is COc1cc(Br)c([N+](=O)[O-])cc1C(F)F. The summed E-state index contributed by atoms with van der Waals surface area (Å²) in [6, 6.07) is 1.95. The molecule has 0 heterocycles. The number of alkyl halides is 2. The van der Waals surface area contributed by atoms with E-state index in [0.717, 1.165) is 12.1 Å². The first kappa shape index (κ1) is 11.8. The van der Waals surface area contributed by atoms with Gasteiger partial charge < -0.3 is 4.74 Å². The maximum atomic E-state index is 12.5. The van der Waals surface area contributed by atoms with Gasteiger partial charge in [-0.1, -0.05) is 0 Å². The molecule has 0 fully saturated rings. The van der Waals surface area contributed by atoms with Crippen LogP contribution in [0.25, 0.3) is 0 Å². The van der Waals surface area contributed by atoms with Crippen LogP contribution in [-0.2, 0) is 0 Å². The average Bonchev–Trinajstić information content (AvgIpc) is 2.16. The van der Waals surface area contributed by atoms with E-state index >= 15 is 0 Å². The molecule has 0 aliphatic carbocycles. The van der Waals surface area contributed by atoms with Gasteiger partial charge in [0.1, 0.15) is 5.75 Å². The Morgan fingerprint density at radius 1 is 1.53 bits per heavy atom. The number of nitrogens with zero attached hydrogens (tertiary/aromatic N) is 1. The van der Waals surface area contributed by atoms with E-state index in [4.69, 9.17) is 0 Å². The molecule has 0 unspecified atom stereocenters. The molecule has 0 aliphatic rings. The molecule has 0 atom stereocenters. The van der Waals surface area contributed by atoms with Crippen LogP contribution < -0.4 is 4.74 Å². The standard InChI is InChI=1S/C8H6BrF2NO3/c1-15-7-3-5(9)6(12(13)14)2-4(7)8(10)11/h2-3,8H,1H3. The number of halogens is 3. The van der Waals surface area contributed by atoms with Gasteiger partial charge in [-0.3, -0.25) is 10.1 Å². The van der Waals surface area contributed by atoms with Crippen LogP contribution >= 0.6 is 15.9 Å². The minimum atomic E-state index is -2.81. The van der Waals surface area contributed by atoms with Crippen LogP contribution in [0, 0.1) is 10.1 Å². The largest absolute Gasteiger partial charge is 0.496 e. The summed E-state index contributed by atoms with van der Waals surface area (Å²) in [6.07, 6.45) is -2.81. The topological polar surface area (TPSA) is 52.4 Å². The third kappa shape index (κ3) is 2.41. The minimum absolute atomic E-state index is 0.0810. The Balaban J connectivity index is 3.37. The van der Waals surface area contributed by atoms with Gasteiger partial charge in [-0.15, -0.1) is 0 Å². The monoisotopic (exact) mass is 281 g/mol. The van der Waals surface area contributed by atoms with Gasteiger partial charge in [0.15, 0.2) is 0 Å². The fourth-order valence-electron chi connectivity index (χ4n) is 1.05. The Morgan fingerprint density at radius 2 is 2.13 bits per heavy atom. The average molecular weight is 282 g/mol. The van der Waals surface area contributed by atoms with E-state index in [1.165, 1.54) is 7.11 Å². The van der Waals surface area contributed by atoms with Crippen molar-refractivity contribution in [2.24, 2.45) is 0 Å². The van der Waals surface area contributed by atoms with Crippen LogP contribution in [0.2, 0.25) is 0 Å². The van der Waals surface area contributed by atoms with Gasteiger partial charge in [0.2, 0.25) is 0 Å². The molecule has 1 aromatic carbocycles. The van der Waals surface area contributed by atoms with Crippen molar-refractivity contribution in [1.29, 1.82) is 0 Å². The Kier molecular flexibility index (Phi) is 3.57. The lowest BCUT2D eigenvalue weighted by atomic mass is 10.2. The number of benzene rings is 1. The van der Waals surface area contributed by atoms with Gasteiger partial charge in [-0.25, -0.2) is 8.78 Å². The number of nitro benzene ring substituents is 1. The van der Waals surface area contributed by atoms with Crippen LogP contribution in [0.1, 0.15) is 12.0 Å². The molecule has 15 heavy (non-hydrogen) atoms. The highest BCUT2D eigenvalue weighted by atomic mass is 79.9. The van der Waals surface area contributed by atoms with Crippen LogP contribution in [0.4, 0.5) is 14.5 Å². The second-order valence-electron chi connectivity index (χ2n) is 2.60. The van der Waals surface area contributed by atoms with Crippen molar-refractivity contribution >= 4 is 21.6 Å². The summed E-state index contributed by atoms with van der Waals surface area (Å²) in [7, 11) is 1.22. The number of hydrogen-bond donors (Lipinski definition) is 0. The van der Waals surface area contributed by atoms with Gasteiger partial charge in [0, 0.05) is 12.1 Å². The van der Waals surface area contributed by atoms with Crippen molar-refractivity contribution in [3.63, 3.8) is 0 Å². The van der Waals surface area contributed by atoms with Crippen molar-refractivity contribution in [1.82, 2.24) is 0 Å². The number of rotatable bonds is 3. The lowest BCUT2D eigenvalue weighted by molar-refractivity contribution is -0.385. The van der Waals surface area contributed by atoms with Gasteiger partial charge in [0.25, 0.3) is 12.1 Å². The van der Waals surface area contributed by atoms with Gasteiger partial charge >= 0.3 is 0 Å². The summed E-state index contributed by atoms with van der Waals surface area (Å²) >= 11 is 2.91. The fraction of sp³-hybridized carbons (Fsp3) is 0.250. The molecule has 0 amide bonds. The predicted molar refractivity (Wildman–Crippen MR) is 52.3 cm³/mol. The third-order valence-electron chi connectivity index (χ3n) is 1.73. The Labute approximate surface area is 92.1 Å². The maximum Gasteiger partial charge on any atom is 0.284 e. The van der Waals surface area contributed by atoms with E-state index in [-0.39, 0.29) is 10.2 Å². The van der Waals surface area contributed by atoms with E-state index in [2.05, 4.69) is 20.7 Å². The molecule has 0 saturated heterocycles. The lowest BCUT2D eigenvalue weighted by Crippen LogP contribution is -1.97. The molecule has 1 aromatic rings. The number of nitro groups is 1. The Morgan fingerprint density at radius 3 is 2.53 bits per heavy atom. The van der Waals surface area contributed by atoms with Crippen LogP contribution in [-0.4, -0.2) is 12.0 Å². The van der Waals surface area contributed by atoms with Crippen molar-refractivity contribution < 1.29 is 18.4 Å². The first-order valence-electron chi connectivity index (χ1n) is 3.77. The number of ether oxygens (including phenoxy) is 1. The highest BCUT2D eigenvalue weighted by molar-refractivity contribution is 9.10. The zero-order valence-electron chi connectivity index (χ0n) is 7.54. The molecule has 0 aromatic heterocycles. The quantitative estimate of drug-likeness (QED) is 0.631. The molecular formula is C8H6BrF2NO3. The van der Waals surface area contributed by atoms with Crippen molar-refractivity contribution in [2.75, 3.05) is 7.11 Å². The second-order valence-corrected chi connectivity index (χ2v) is 3.46. The summed E-state index contributed by atoms with van der Waals surface area (Å²) < 4.78 is 29.7. The zero-order chi connectivity index (χ0) is 11.6. The van der Waals surface area contributed by atoms with E-state index in [1.54, 1.807) is 0 Å². The zero-order valence-corrected chi connectivity index (χ0v) is 9.12. The first-order chi connectivity index (χ1) is 6.97. The molecule has 0 aliphatic heterocycles. The normalized spacial score (nSPS) is 10.5. The van der Waals surface area contributed by atoms with Gasteiger partial charge in [-0.2, -0.15) is 0 Å². The molecule has 0 radical (unpaired) electrons. The number of hydrogen-bond acceptors (Lipinski definition) is 3. The van der Waals surface area contributed by atoms with Crippen LogP contribution in [0.5, 0.6) is 5.75 Å². The van der Waals surface area contributed by atoms with E-state index in [9.17, 15) is 18.9 Å². The summed E-state index contributed by atoms with van der Waals surface area (Å²) in [6.45, 7) is 0. The second kappa shape index (κ2) is 4.52. The molecule has 82 valence electrons. The first-order valence-corrected chi connectivity index (χ1v) is 4.56. The smallest absolute Gasteiger partial charge is 0.284 e. The van der Waals surface area contributed by atoms with Gasteiger partial charge in [0.05, 0.1) is 22.1 Å². The van der Waals surface area contributed by atoms with Gasteiger partial charge in [-0.05, 0) is 15.9 Å². The Bertz CT molecular complexity index is 398. The van der Waals surface area contributed by atoms with Crippen molar-refractivity contribution in [3.05, 3.63) is 32.3 Å². The predicted octanol–water partition coefficient (Wildman–Crippen LogP) is 3.30. The summed E-state index contributed by atoms with van der Waals surface area (Å²) in [4.78, 5) is 9.75. The van der Waals surface area contributed by atoms with Crippen LogP contribution in [0.15, 0.2) is 16.6 Å². The molecular weight excluding hydrogens is 276 g/mol. The number of methoxy groups -OCH3 is 1. The van der Waals surface area contributed by atoms with Crippen molar-refractivity contribution in [2.45, 2.75) is 6.43 Å². The molecule has 0 N–H and O–H groups in total. The summed E-state index contributed by atoms with van der Waals surface area (Å²) in [5.41, 5.74) is -0.904. The lowest BCUT2D eigenvalue weighted by Gasteiger charge is -2.08. The van der Waals surface area contributed by atoms with E-state index in [0.29, 0.717) is 0 Å². The molecule has 0 bridgehead atoms. The maximum absolute atomic E-state index is 12.5. The highest BCUT2D eigenvalue weighted by Crippen LogP contribution is 2.37. The molecule has 1 rings (SSSR count). The highest BCUT2D eigenvalue weighted by Gasteiger charge is 2.21. The Hall–Kier alpha value is -1.24. The molecule has 0 spiro atoms. The summed E-state index contributed by atoms with van der Waals surface area (Å²) in [5.74, 6) is -0.0810.